The van der Waals surface area contributed by atoms with Gasteiger partial charge in [-0.05, 0) is 12.8 Å². The number of nitrogens with two attached hydrogens (primary N) is 1. The number of esters is 1. The molecular formula is C10H21N2O6P. The first-order valence-electron chi connectivity index (χ1n) is 5.93. The van der Waals surface area contributed by atoms with Crippen LogP contribution >= 0.6 is 7.60 Å². The molecule has 1 aliphatic rings. The lowest BCUT2D eigenvalue weighted by molar-refractivity contribution is -0.139. The molecular weight excluding hydrogens is 275 g/mol. The zero-order chi connectivity index (χ0) is 14.9. The molecule has 1 saturated carbocycles. The van der Waals surface area contributed by atoms with E-state index in [1.54, 1.807) is 5.32 Å². The molecule has 0 atom stereocenters. The van der Waals surface area contributed by atoms with E-state index < -0.39 is 25.8 Å². The normalized spacial score (nSPS) is 16.0. The first kappa shape index (κ1) is 18.0. The molecule has 0 spiro atoms. The Bertz CT molecular complexity index is 337. The van der Waals surface area contributed by atoms with Crippen LogP contribution in [0.5, 0.6) is 0 Å². The van der Waals surface area contributed by atoms with Gasteiger partial charge in [-0.1, -0.05) is 19.3 Å². The molecule has 19 heavy (non-hydrogen) atoms. The van der Waals surface area contributed by atoms with E-state index in [0.717, 1.165) is 7.11 Å². The molecule has 1 aliphatic carbocycles. The van der Waals surface area contributed by atoms with Crippen LogP contribution < -0.4 is 11.1 Å². The van der Waals surface area contributed by atoms with Gasteiger partial charge in [-0.15, -0.1) is 0 Å². The summed E-state index contributed by atoms with van der Waals surface area (Å²) in [6.45, 7) is -0.555. The van der Waals surface area contributed by atoms with Gasteiger partial charge in [0.15, 0.2) is 0 Å². The first-order valence-corrected chi connectivity index (χ1v) is 7.55. The second-order valence-corrected chi connectivity index (χ2v) is 5.67. The summed E-state index contributed by atoms with van der Waals surface area (Å²) in [6, 6.07) is 0.536. The van der Waals surface area contributed by atoms with E-state index in [-0.39, 0.29) is 0 Å². The molecule has 5 N–H and O–H groups in total. The number of hydrogen-bond acceptors (Lipinski definition) is 5. The third-order valence-electron chi connectivity index (χ3n) is 2.53. The molecule has 1 rings (SSSR count). The third kappa shape index (κ3) is 9.61. The van der Waals surface area contributed by atoms with Crippen molar-refractivity contribution in [2.45, 2.75) is 38.1 Å². The van der Waals surface area contributed by atoms with Crippen molar-refractivity contribution in [3.05, 3.63) is 0 Å². The molecule has 0 unspecified atom stereocenters. The minimum atomic E-state index is -4.78. The van der Waals surface area contributed by atoms with Crippen molar-refractivity contribution < 1.29 is 28.7 Å². The number of rotatable bonds is 3. The Morgan fingerprint density at radius 2 is 1.84 bits per heavy atom. The molecule has 112 valence electrons. The number of methoxy groups -OCH3 is 1. The quantitative estimate of drug-likeness (QED) is 0.434. The maximum Gasteiger partial charge on any atom is 0.413 e. The Labute approximate surface area is 111 Å². The lowest BCUT2D eigenvalue weighted by Gasteiger charge is -2.15. The van der Waals surface area contributed by atoms with Crippen molar-refractivity contribution >= 4 is 19.2 Å². The molecule has 1 fully saturated rings. The number of nitrogens with one attached hydrogen (secondary N) is 1. The number of ether oxygens (including phenoxy) is 1. The number of hydrogen-bond donors (Lipinski definition) is 4. The van der Waals surface area contributed by atoms with Crippen LogP contribution in [0.25, 0.3) is 0 Å². The van der Waals surface area contributed by atoms with Gasteiger partial charge in [0, 0.05) is 6.04 Å². The van der Waals surface area contributed by atoms with Crippen LogP contribution in [0.4, 0.5) is 4.79 Å². The summed E-state index contributed by atoms with van der Waals surface area (Å²) in [5, 5.41) is 1.70. The van der Waals surface area contributed by atoms with E-state index in [0.29, 0.717) is 6.04 Å². The highest BCUT2D eigenvalue weighted by Gasteiger charge is 2.25. The van der Waals surface area contributed by atoms with Gasteiger partial charge in [0.05, 0.1) is 7.11 Å². The molecule has 9 heteroatoms. The predicted octanol–water partition coefficient (Wildman–Crippen LogP) is 0.324. The summed E-state index contributed by atoms with van der Waals surface area (Å²) in [5.41, 5.74) is 4.14. The van der Waals surface area contributed by atoms with Gasteiger partial charge in [0.1, 0.15) is 6.54 Å². The van der Waals surface area contributed by atoms with E-state index in [1.807, 2.05) is 0 Å². The first-order chi connectivity index (χ1) is 8.77. The van der Waals surface area contributed by atoms with E-state index in [1.165, 1.54) is 32.1 Å². The van der Waals surface area contributed by atoms with E-state index in [2.05, 4.69) is 4.74 Å². The fourth-order valence-corrected chi connectivity index (χ4v) is 1.74. The molecule has 0 aromatic rings. The number of amides is 1. The van der Waals surface area contributed by atoms with Crippen molar-refractivity contribution in [3.63, 3.8) is 0 Å². The maximum atomic E-state index is 10.4. The average molecular weight is 296 g/mol. The zero-order valence-corrected chi connectivity index (χ0v) is 11.8. The molecule has 0 aromatic carbocycles. The lowest BCUT2D eigenvalue weighted by atomic mass is 9.97. The topological polar surface area (TPSA) is 139 Å². The minimum absolute atomic E-state index is 0.536. The van der Waals surface area contributed by atoms with Crippen molar-refractivity contribution in [2.24, 2.45) is 5.73 Å². The highest BCUT2D eigenvalue weighted by atomic mass is 31.2. The Morgan fingerprint density at radius 3 is 2.16 bits per heavy atom. The van der Waals surface area contributed by atoms with Gasteiger partial charge in [0.2, 0.25) is 0 Å². The van der Waals surface area contributed by atoms with Crippen LogP contribution in [-0.4, -0.2) is 41.1 Å². The van der Waals surface area contributed by atoms with Crippen LogP contribution in [0.1, 0.15) is 32.1 Å². The summed E-state index contributed by atoms with van der Waals surface area (Å²) in [5.74, 6) is -0.781. The van der Waals surface area contributed by atoms with Gasteiger partial charge in [-0.2, -0.15) is 0 Å². The predicted molar refractivity (Wildman–Crippen MR) is 68.5 cm³/mol. The van der Waals surface area contributed by atoms with Crippen molar-refractivity contribution in [2.75, 3.05) is 13.7 Å². The molecule has 0 aliphatic heterocycles. The maximum absolute atomic E-state index is 10.4. The Hall–Kier alpha value is -0.950. The summed E-state index contributed by atoms with van der Waals surface area (Å²) in [7, 11) is -3.69. The highest BCUT2D eigenvalue weighted by molar-refractivity contribution is 7.69. The molecule has 1 amide bonds. The van der Waals surface area contributed by atoms with E-state index in [9.17, 15) is 14.2 Å². The van der Waals surface area contributed by atoms with Crippen molar-refractivity contribution in [3.8, 4) is 0 Å². The standard InChI is InChI=1S/C6H13N.C4H8NO6P/c7-6-4-2-1-3-5-6;1-11-3(6)2-5-4(7)12(8,9)10/h6H,1-5,7H2;2H2,1H3,(H,5,7)(H2,8,9,10). The molecule has 0 saturated heterocycles. The summed E-state index contributed by atoms with van der Waals surface area (Å²) < 4.78 is 14.3. The van der Waals surface area contributed by atoms with Crippen LogP contribution in [0.2, 0.25) is 0 Å². The van der Waals surface area contributed by atoms with E-state index in [4.69, 9.17) is 15.5 Å². The third-order valence-corrected chi connectivity index (χ3v) is 3.21. The van der Waals surface area contributed by atoms with E-state index >= 15 is 0 Å². The van der Waals surface area contributed by atoms with Crippen LogP contribution in [-0.2, 0) is 14.1 Å². The van der Waals surface area contributed by atoms with Crippen LogP contribution in [0, 0.1) is 0 Å². The summed E-state index contributed by atoms with van der Waals surface area (Å²) >= 11 is 0. The van der Waals surface area contributed by atoms with Gasteiger partial charge >= 0.3 is 19.2 Å². The molecule has 0 heterocycles. The molecule has 8 nitrogen and oxygen atoms in total. The SMILES string of the molecule is COC(=O)CNC(=O)P(=O)(O)O.NC1CCCCC1. The summed E-state index contributed by atoms with van der Waals surface area (Å²) in [4.78, 5) is 37.2. The molecule has 0 bridgehead atoms. The van der Waals surface area contributed by atoms with Gasteiger partial charge in [0.25, 0.3) is 0 Å². The van der Waals surface area contributed by atoms with Gasteiger partial charge in [-0.25, -0.2) is 4.57 Å². The average Bonchev–Trinajstić information content (AvgIpc) is 2.36. The van der Waals surface area contributed by atoms with Gasteiger partial charge < -0.3 is 25.6 Å². The number of carbonyl (C=O) groups excluding carboxylic acids is 2. The van der Waals surface area contributed by atoms with Crippen LogP contribution in [0.3, 0.4) is 0 Å². The lowest BCUT2D eigenvalue weighted by Crippen LogP contribution is -2.28. The van der Waals surface area contributed by atoms with Crippen molar-refractivity contribution in [1.29, 1.82) is 0 Å². The Kier molecular flexibility index (Phi) is 8.58. The molecule has 0 aromatic heterocycles. The fourth-order valence-electron chi connectivity index (χ4n) is 1.46. The number of carbonyl (C=O) groups is 2. The van der Waals surface area contributed by atoms with Gasteiger partial charge in [-0.3, -0.25) is 9.59 Å². The zero-order valence-electron chi connectivity index (χ0n) is 10.9. The molecule has 0 radical (unpaired) electrons. The second-order valence-electron chi connectivity index (χ2n) is 4.18. The Morgan fingerprint density at radius 1 is 1.32 bits per heavy atom. The second kappa shape index (κ2) is 9.03. The Balaban J connectivity index is 0.000000388. The highest BCUT2D eigenvalue weighted by Crippen LogP contribution is 2.34. The largest absolute Gasteiger partial charge is 0.468 e. The summed E-state index contributed by atoms with van der Waals surface area (Å²) in [6.07, 6.45) is 6.66. The van der Waals surface area contributed by atoms with Crippen LogP contribution in [0.15, 0.2) is 0 Å². The smallest absolute Gasteiger partial charge is 0.413 e. The van der Waals surface area contributed by atoms with Crippen molar-refractivity contribution in [1.82, 2.24) is 5.32 Å². The monoisotopic (exact) mass is 296 g/mol. The minimum Gasteiger partial charge on any atom is -0.468 e. The fraction of sp³-hybridized carbons (Fsp3) is 0.800.